The highest BCUT2D eigenvalue weighted by atomic mass is 19.3. The predicted octanol–water partition coefficient (Wildman–Crippen LogP) is 0.446. The maximum absolute atomic E-state index is 12.2. The van der Waals surface area contributed by atoms with Crippen molar-refractivity contribution in [2.24, 2.45) is 11.1 Å². The van der Waals surface area contributed by atoms with Crippen LogP contribution in [0.1, 0.15) is 20.8 Å². The first-order valence-electron chi connectivity index (χ1n) is 5.13. The van der Waals surface area contributed by atoms with Gasteiger partial charge < -0.3 is 15.7 Å². The van der Waals surface area contributed by atoms with Crippen molar-refractivity contribution in [2.45, 2.75) is 33.2 Å². The first-order chi connectivity index (χ1) is 7.20. The summed E-state index contributed by atoms with van der Waals surface area (Å²) >= 11 is 0. The molecule has 0 aliphatic heterocycles. The van der Waals surface area contributed by atoms with E-state index in [2.05, 4.69) is 0 Å². The summed E-state index contributed by atoms with van der Waals surface area (Å²) in [6.45, 7) is 4.12. The molecule has 0 radical (unpaired) electrons. The number of amides is 1. The molecule has 3 N–H and O–H groups in total. The van der Waals surface area contributed by atoms with E-state index in [0.29, 0.717) is 0 Å². The van der Waals surface area contributed by atoms with Crippen molar-refractivity contribution < 1.29 is 18.7 Å². The summed E-state index contributed by atoms with van der Waals surface area (Å²) in [5.41, 5.74) is 5.19. The van der Waals surface area contributed by atoms with Crippen LogP contribution in [0.4, 0.5) is 8.78 Å². The molecule has 0 unspecified atom stereocenters. The average Bonchev–Trinajstić information content (AvgIpc) is 2.12. The number of alkyl halides is 2. The third-order valence-corrected chi connectivity index (χ3v) is 2.24. The van der Waals surface area contributed by atoms with Gasteiger partial charge >= 0.3 is 0 Å². The maximum atomic E-state index is 12.2. The van der Waals surface area contributed by atoms with Gasteiger partial charge in [-0.15, -0.1) is 0 Å². The Morgan fingerprint density at radius 2 is 1.94 bits per heavy atom. The molecule has 0 saturated carbocycles. The van der Waals surface area contributed by atoms with Gasteiger partial charge in [-0.1, -0.05) is 20.8 Å². The molecular weight excluding hydrogens is 218 g/mol. The quantitative estimate of drug-likeness (QED) is 0.730. The summed E-state index contributed by atoms with van der Waals surface area (Å²) in [7, 11) is 0. The molecule has 4 nitrogen and oxygen atoms in total. The number of aliphatic hydroxyl groups excluding tert-OH is 1. The van der Waals surface area contributed by atoms with Gasteiger partial charge in [0, 0.05) is 6.54 Å². The highest BCUT2D eigenvalue weighted by Gasteiger charge is 2.31. The Morgan fingerprint density at radius 3 is 2.25 bits per heavy atom. The molecule has 0 heterocycles. The smallest absolute Gasteiger partial charge is 0.255 e. The van der Waals surface area contributed by atoms with Crippen LogP contribution in [0, 0.1) is 5.41 Å². The van der Waals surface area contributed by atoms with Crippen LogP contribution in [0.25, 0.3) is 0 Å². The summed E-state index contributed by atoms with van der Waals surface area (Å²) < 4.78 is 24.4. The summed E-state index contributed by atoms with van der Waals surface area (Å²) in [6.07, 6.45) is -2.62. The Morgan fingerprint density at radius 1 is 1.44 bits per heavy atom. The van der Waals surface area contributed by atoms with Gasteiger partial charge in [-0.3, -0.25) is 4.79 Å². The Hall–Kier alpha value is -0.750. The van der Waals surface area contributed by atoms with E-state index in [-0.39, 0.29) is 13.2 Å². The molecule has 0 aliphatic rings. The number of hydrogen-bond donors (Lipinski definition) is 2. The van der Waals surface area contributed by atoms with Gasteiger partial charge in [0.15, 0.2) is 0 Å². The van der Waals surface area contributed by atoms with Crippen LogP contribution in [0.2, 0.25) is 0 Å². The Bertz CT molecular complexity index is 229. The van der Waals surface area contributed by atoms with Gasteiger partial charge in [0.1, 0.15) is 0 Å². The maximum Gasteiger partial charge on any atom is 0.255 e. The van der Waals surface area contributed by atoms with E-state index >= 15 is 0 Å². The molecule has 1 atom stereocenters. The van der Waals surface area contributed by atoms with Gasteiger partial charge in [-0.25, -0.2) is 8.78 Å². The average molecular weight is 238 g/mol. The number of carbonyl (C=O) groups excluding carboxylic acids is 1. The number of nitrogens with zero attached hydrogens (tertiary/aromatic N) is 1. The van der Waals surface area contributed by atoms with Crippen molar-refractivity contribution in [2.75, 3.05) is 19.7 Å². The first kappa shape index (κ1) is 15.2. The topological polar surface area (TPSA) is 66.6 Å². The second kappa shape index (κ2) is 6.10. The normalized spacial score (nSPS) is 14.0. The number of aliphatic hydroxyl groups is 1. The van der Waals surface area contributed by atoms with Crippen LogP contribution in [0.3, 0.4) is 0 Å². The van der Waals surface area contributed by atoms with Crippen LogP contribution in [0.15, 0.2) is 0 Å². The van der Waals surface area contributed by atoms with Gasteiger partial charge in [0.05, 0.1) is 19.2 Å². The summed E-state index contributed by atoms with van der Waals surface area (Å²) in [6, 6.07) is -0.849. The predicted molar refractivity (Wildman–Crippen MR) is 57.1 cm³/mol. The standard InChI is InChI=1S/C10H20F2N2O2/c1-10(2,3)8(13)9(16)14(4-5-15)6-7(11)12/h7-8,15H,4-6,13H2,1-3H3/t8-/m0/s1. The highest BCUT2D eigenvalue weighted by Crippen LogP contribution is 2.19. The molecule has 0 aromatic heterocycles. The minimum absolute atomic E-state index is 0.118. The number of nitrogens with two attached hydrogens (primary N) is 1. The molecule has 0 spiro atoms. The monoisotopic (exact) mass is 238 g/mol. The van der Waals surface area contributed by atoms with Crippen molar-refractivity contribution in [1.82, 2.24) is 4.90 Å². The van der Waals surface area contributed by atoms with Crippen LogP contribution >= 0.6 is 0 Å². The second-order valence-electron chi connectivity index (χ2n) is 4.74. The Kier molecular flexibility index (Phi) is 5.81. The van der Waals surface area contributed by atoms with Crippen molar-refractivity contribution in [3.8, 4) is 0 Å². The lowest BCUT2D eigenvalue weighted by molar-refractivity contribution is -0.137. The fourth-order valence-electron chi connectivity index (χ4n) is 1.15. The van der Waals surface area contributed by atoms with E-state index in [4.69, 9.17) is 10.8 Å². The van der Waals surface area contributed by atoms with E-state index in [1.807, 2.05) is 0 Å². The lowest BCUT2D eigenvalue weighted by Gasteiger charge is -2.31. The van der Waals surface area contributed by atoms with Gasteiger partial charge in [-0.2, -0.15) is 0 Å². The van der Waals surface area contributed by atoms with E-state index in [0.717, 1.165) is 4.90 Å². The highest BCUT2D eigenvalue weighted by molar-refractivity contribution is 5.82. The van der Waals surface area contributed by atoms with Crippen molar-refractivity contribution in [1.29, 1.82) is 0 Å². The minimum Gasteiger partial charge on any atom is -0.395 e. The summed E-state index contributed by atoms with van der Waals surface area (Å²) in [5, 5.41) is 8.70. The number of hydrogen-bond acceptors (Lipinski definition) is 3. The third kappa shape index (κ3) is 4.85. The molecule has 16 heavy (non-hydrogen) atoms. The fraction of sp³-hybridized carbons (Fsp3) is 0.900. The third-order valence-electron chi connectivity index (χ3n) is 2.24. The molecule has 96 valence electrons. The second-order valence-corrected chi connectivity index (χ2v) is 4.74. The van der Waals surface area contributed by atoms with Gasteiger partial charge in [0.25, 0.3) is 6.43 Å². The van der Waals surface area contributed by atoms with Gasteiger partial charge in [-0.05, 0) is 5.41 Å². The molecule has 0 fully saturated rings. The Labute approximate surface area is 94.4 Å². The molecule has 0 rings (SSSR count). The molecule has 0 aliphatic carbocycles. The lowest BCUT2D eigenvalue weighted by atomic mass is 9.86. The van der Waals surface area contributed by atoms with E-state index in [1.54, 1.807) is 20.8 Å². The molecule has 0 bridgehead atoms. The largest absolute Gasteiger partial charge is 0.395 e. The Balaban J connectivity index is 4.60. The van der Waals surface area contributed by atoms with Crippen LogP contribution in [-0.2, 0) is 4.79 Å². The zero-order valence-corrected chi connectivity index (χ0v) is 9.91. The molecule has 1 amide bonds. The molecular formula is C10H20F2N2O2. The SMILES string of the molecule is CC(C)(C)[C@@H](N)C(=O)N(CCO)CC(F)F. The van der Waals surface area contributed by atoms with Crippen molar-refractivity contribution >= 4 is 5.91 Å². The fourth-order valence-corrected chi connectivity index (χ4v) is 1.15. The zero-order valence-electron chi connectivity index (χ0n) is 9.91. The summed E-state index contributed by atoms with van der Waals surface area (Å²) in [5.74, 6) is -0.554. The van der Waals surface area contributed by atoms with Crippen LogP contribution in [0.5, 0.6) is 0 Å². The molecule has 0 aromatic carbocycles. The lowest BCUT2D eigenvalue weighted by Crippen LogP contribution is -2.52. The summed E-state index contributed by atoms with van der Waals surface area (Å²) in [4.78, 5) is 12.7. The van der Waals surface area contributed by atoms with Crippen LogP contribution < -0.4 is 5.73 Å². The first-order valence-corrected chi connectivity index (χ1v) is 5.13. The van der Waals surface area contributed by atoms with Crippen molar-refractivity contribution in [3.63, 3.8) is 0 Å². The molecule has 0 aromatic rings. The van der Waals surface area contributed by atoms with Crippen LogP contribution in [-0.4, -0.2) is 48.1 Å². The number of rotatable bonds is 5. The molecule has 6 heteroatoms. The van der Waals surface area contributed by atoms with E-state index < -0.39 is 30.3 Å². The minimum atomic E-state index is -2.62. The zero-order chi connectivity index (χ0) is 12.9. The van der Waals surface area contributed by atoms with E-state index in [9.17, 15) is 13.6 Å². The van der Waals surface area contributed by atoms with Crippen molar-refractivity contribution in [3.05, 3.63) is 0 Å². The van der Waals surface area contributed by atoms with Gasteiger partial charge in [0.2, 0.25) is 5.91 Å². The number of halogens is 2. The number of carbonyl (C=O) groups is 1. The van der Waals surface area contributed by atoms with E-state index in [1.165, 1.54) is 0 Å². The molecule has 0 saturated heterocycles.